The second-order valence-corrected chi connectivity index (χ2v) is 4.38. The molecule has 1 aliphatic heterocycles. The van der Waals surface area contributed by atoms with E-state index >= 15 is 0 Å². The van der Waals surface area contributed by atoms with E-state index in [-0.39, 0.29) is 0 Å². The summed E-state index contributed by atoms with van der Waals surface area (Å²) in [5.41, 5.74) is 0. The van der Waals surface area contributed by atoms with Crippen molar-refractivity contribution in [1.29, 1.82) is 0 Å². The van der Waals surface area contributed by atoms with Gasteiger partial charge in [0.2, 0.25) is 0 Å². The van der Waals surface area contributed by atoms with Crippen molar-refractivity contribution in [3.63, 3.8) is 0 Å². The minimum atomic E-state index is 0.646. The summed E-state index contributed by atoms with van der Waals surface area (Å²) in [4.78, 5) is 4.93. The van der Waals surface area contributed by atoms with Gasteiger partial charge in [0.05, 0.1) is 0 Å². The standard InChI is InChI=1S/C11H25N3/c1-5-10(12-6-2)11-9-13(3)7-8-14(11)4/h10-12H,5-9H2,1-4H3. The van der Waals surface area contributed by atoms with Gasteiger partial charge in [-0.3, -0.25) is 4.90 Å². The Morgan fingerprint density at radius 2 is 2.00 bits per heavy atom. The van der Waals surface area contributed by atoms with Crippen molar-refractivity contribution in [2.45, 2.75) is 32.4 Å². The third kappa shape index (κ3) is 2.94. The normalized spacial score (nSPS) is 27.9. The molecule has 0 spiro atoms. The zero-order valence-corrected chi connectivity index (χ0v) is 10.1. The van der Waals surface area contributed by atoms with Crippen LogP contribution in [0.25, 0.3) is 0 Å². The van der Waals surface area contributed by atoms with Crippen LogP contribution in [-0.4, -0.2) is 62.2 Å². The topological polar surface area (TPSA) is 18.5 Å². The van der Waals surface area contributed by atoms with Crippen LogP contribution in [0, 0.1) is 0 Å². The van der Waals surface area contributed by atoms with Crippen LogP contribution in [0.3, 0.4) is 0 Å². The van der Waals surface area contributed by atoms with Gasteiger partial charge in [0.1, 0.15) is 0 Å². The predicted octanol–water partition coefficient (Wildman–Crippen LogP) is 0.620. The van der Waals surface area contributed by atoms with Gasteiger partial charge in [0.15, 0.2) is 0 Å². The molecule has 1 N–H and O–H groups in total. The van der Waals surface area contributed by atoms with Gasteiger partial charge >= 0.3 is 0 Å². The van der Waals surface area contributed by atoms with E-state index in [0.717, 1.165) is 6.54 Å². The Morgan fingerprint density at radius 1 is 1.29 bits per heavy atom. The SMILES string of the molecule is CCNC(CC)C1CN(C)CCN1C. The van der Waals surface area contributed by atoms with Crippen LogP contribution in [0.5, 0.6) is 0 Å². The van der Waals surface area contributed by atoms with Crippen LogP contribution in [0.1, 0.15) is 20.3 Å². The number of hydrogen-bond donors (Lipinski definition) is 1. The first-order chi connectivity index (χ1) is 6.69. The van der Waals surface area contributed by atoms with Gasteiger partial charge in [-0.25, -0.2) is 0 Å². The summed E-state index contributed by atoms with van der Waals surface area (Å²) in [5, 5.41) is 3.58. The minimum absolute atomic E-state index is 0.646. The number of rotatable bonds is 4. The van der Waals surface area contributed by atoms with E-state index in [2.05, 4.69) is 43.1 Å². The molecule has 2 atom stereocenters. The molecule has 0 saturated carbocycles. The van der Waals surface area contributed by atoms with Crippen molar-refractivity contribution in [2.24, 2.45) is 0 Å². The van der Waals surface area contributed by atoms with Crippen molar-refractivity contribution in [2.75, 3.05) is 40.3 Å². The van der Waals surface area contributed by atoms with Gasteiger partial charge < -0.3 is 10.2 Å². The Kier molecular flexibility index (Phi) is 4.85. The van der Waals surface area contributed by atoms with E-state index < -0.39 is 0 Å². The summed E-state index contributed by atoms with van der Waals surface area (Å²) < 4.78 is 0. The average Bonchev–Trinajstić information content (AvgIpc) is 2.18. The van der Waals surface area contributed by atoms with Crippen LogP contribution in [0.4, 0.5) is 0 Å². The van der Waals surface area contributed by atoms with Crippen LogP contribution < -0.4 is 5.32 Å². The van der Waals surface area contributed by atoms with Crippen molar-refractivity contribution >= 4 is 0 Å². The second kappa shape index (κ2) is 5.69. The van der Waals surface area contributed by atoms with E-state index in [1.165, 1.54) is 26.1 Å². The molecule has 3 heteroatoms. The maximum atomic E-state index is 3.58. The van der Waals surface area contributed by atoms with Crippen molar-refractivity contribution in [3.8, 4) is 0 Å². The molecule has 0 aromatic heterocycles. The summed E-state index contributed by atoms with van der Waals surface area (Å²) in [5.74, 6) is 0. The van der Waals surface area contributed by atoms with Gasteiger partial charge in [-0.05, 0) is 27.1 Å². The molecule has 1 rings (SSSR count). The summed E-state index contributed by atoms with van der Waals surface area (Å²) in [7, 11) is 4.47. The summed E-state index contributed by atoms with van der Waals surface area (Å²) in [6, 6.07) is 1.33. The molecule has 0 radical (unpaired) electrons. The molecule has 14 heavy (non-hydrogen) atoms. The third-order valence-corrected chi connectivity index (χ3v) is 3.27. The van der Waals surface area contributed by atoms with Crippen molar-refractivity contribution in [3.05, 3.63) is 0 Å². The highest BCUT2D eigenvalue weighted by molar-refractivity contribution is 4.87. The summed E-state index contributed by atoms with van der Waals surface area (Å²) >= 11 is 0. The lowest BCUT2D eigenvalue weighted by molar-refractivity contribution is 0.0870. The molecule has 0 aromatic carbocycles. The lowest BCUT2D eigenvalue weighted by Crippen LogP contribution is -2.58. The Balaban J connectivity index is 2.52. The molecule has 0 aliphatic carbocycles. The summed E-state index contributed by atoms with van der Waals surface area (Å²) in [6.45, 7) is 9.14. The second-order valence-electron chi connectivity index (χ2n) is 4.38. The quantitative estimate of drug-likeness (QED) is 0.716. The Labute approximate surface area is 88.5 Å². The molecule has 1 heterocycles. The molecule has 2 unspecified atom stereocenters. The van der Waals surface area contributed by atoms with E-state index in [0.29, 0.717) is 12.1 Å². The zero-order valence-electron chi connectivity index (χ0n) is 10.1. The monoisotopic (exact) mass is 199 g/mol. The lowest BCUT2D eigenvalue weighted by Gasteiger charge is -2.42. The first-order valence-electron chi connectivity index (χ1n) is 5.81. The third-order valence-electron chi connectivity index (χ3n) is 3.27. The van der Waals surface area contributed by atoms with Crippen molar-refractivity contribution in [1.82, 2.24) is 15.1 Å². The largest absolute Gasteiger partial charge is 0.313 e. The van der Waals surface area contributed by atoms with Gasteiger partial charge in [-0.15, -0.1) is 0 Å². The van der Waals surface area contributed by atoms with Gasteiger partial charge in [0.25, 0.3) is 0 Å². The minimum Gasteiger partial charge on any atom is -0.313 e. The molecule has 0 aromatic rings. The van der Waals surface area contributed by atoms with Crippen LogP contribution in [0.2, 0.25) is 0 Å². The molecule has 0 amide bonds. The van der Waals surface area contributed by atoms with Crippen molar-refractivity contribution < 1.29 is 0 Å². The number of nitrogens with zero attached hydrogens (tertiary/aromatic N) is 2. The number of nitrogens with one attached hydrogen (secondary N) is 1. The number of piperazine rings is 1. The van der Waals surface area contributed by atoms with Crippen LogP contribution in [0.15, 0.2) is 0 Å². The predicted molar refractivity (Wildman–Crippen MR) is 61.7 cm³/mol. The van der Waals surface area contributed by atoms with Gasteiger partial charge in [-0.2, -0.15) is 0 Å². The fourth-order valence-electron chi connectivity index (χ4n) is 2.29. The molecular formula is C11H25N3. The molecule has 1 aliphatic rings. The highest BCUT2D eigenvalue weighted by Crippen LogP contribution is 2.12. The average molecular weight is 199 g/mol. The first-order valence-corrected chi connectivity index (χ1v) is 5.81. The molecule has 1 fully saturated rings. The molecule has 1 saturated heterocycles. The highest BCUT2D eigenvalue weighted by Gasteiger charge is 2.27. The number of likely N-dealkylation sites (N-methyl/N-ethyl adjacent to an activating group) is 3. The number of hydrogen-bond acceptors (Lipinski definition) is 3. The maximum absolute atomic E-state index is 3.58. The van der Waals surface area contributed by atoms with E-state index in [1.807, 2.05) is 0 Å². The molecule has 84 valence electrons. The Morgan fingerprint density at radius 3 is 2.57 bits per heavy atom. The maximum Gasteiger partial charge on any atom is 0.0373 e. The fourth-order valence-corrected chi connectivity index (χ4v) is 2.29. The fraction of sp³-hybridized carbons (Fsp3) is 1.00. The van der Waals surface area contributed by atoms with Gasteiger partial charge in [0, 0.05) is 31.7 Å². The smallest absolute Gasteiger partial charge is 0.0373 e. The van der Waals surface area contributed by atoms with Crippen LogP contribution >= 0.6 is 0 Å². The lowest BCUT2D eigenvalue weighted by atomic mass is 10.0. The van der Waals surface area contributed by atoms with Crippen LogP contribution in [-0.2, 0) is 0 Å². The van der Waals surface area contributed by atoms with Gasteiger partial charge in [-0.1, -0.05) is 13.8 Å². The summed E-state index contributed by atoms with van der Waals surface area (Å²) in [6.07, 6.45) is 1.22. The Hall–Kier alpha value is -0.120. The Bertz CT molecular complexity index is 161. The van der Waals surface area contributed by atoms with E-state index in [4.69, 9.17) is 0 Å². The first kappa shape index (κ1) is 12.0. The highest BCUT2D eigenvalue weighted by atomic mass is 15.3. The molecule has 3 nitrogen and oxygen atoms in total. The van der Waals surface area contributed by atoms with E-state index in [1.54, 1.807) is 0 Å². The molecular weight excluding hydrogens is 174 g/mol. The molecule has 0 bridgehead atoms. The zero-order chi connectivity index (χ0) is 10.6. The van der Waals surface area contributed by atoms with E-state index in [9.17, 15) is 0 Å².